The number of hydrogen-bond donors (Lipinski definition) is 0. The molecule has 0 aliphatic carbocycles. The van der Waals surface area contributed by atoms with Gasteiger partial charge in [-0.2, -0.15) is 5.10 Å². The highest BCUT2D eigenvalue weighted by Crippen LogP contribution is 2.28. The van der Waals surface area contributed by atoms with Gasteiger partial charge in [0.15, 0.2) is 0 Å². The molecular formula is C11H12N4S3. The summed E-state index contributed by atoms with van der Waals surface area (Å²) in [6.07, 6.45) is 3.85. The highest BCUT2D eigenvalue weighted by Gasteiger charge is 2.10. The van der Waals surface area contributed by atoms with Gasteiger partial charge < -0.3 is 0 Å². The third-order valence-corrected chi connectivity index (χ3v) is 5.63. The van der Waals surface area contributed by atoms with Crippen molar-refractivity contribution in [2.45, 2.75) is 5.75 Å². The van der Waals surface area contributed by atoms with Crippen molar-refractivity contribution in [1.29, 1.82) is 0 Å². The van der Waals surface area contributed by atoms with E-state index in [9.17, 15) is 0 Å². The lowest BCUT2D eigenvalue weighted by Crippen LogP contribution is -1.85. The minimum Gasteiger partial charge on any atom is -0.275 e. The number of hydrogen-bond acceptors (Lipinski definition) is 6. The number of aromatic nitrogens is 3. The van der Waals surface area contributed by atoms with E-state index < -0.39 is 0 Å². The fourth-order valence-corrected chi connectivity index (χ4v) is 4.38. The van der Waals surface area contributed by atoms with Crippen molar-refractivity contribution in [1.82, 2.24) is 14.8 Å². The van der Waals surface area contributed by atoms with Crippen LogP contribution in [0.1, 0.15) is 5.69 Å². The molecule has 0 spiro atoms. The molecule has 0 radical (unpaired) electrons. The maximum atomic E-state index is 4.63. The topological polar surface area (TPSA) is 43.1 Å². The van der Waals surface area contributed by atoms with Crippen molar-refractivity contribution in [3.63, 3.8) is 0 Å². The van der Waals surface area contributed by atoms with Crippen LogP contribution >= 0.6 is 34.9 Å². The fourth-order valence-electron chi connectivity index (χ4n) is 1.58. The van der Waals surface area contributed by atoms with Crippen molar-refractivity contribution in [3.05, 3.63) is 23.5 Å². The number of aryl methyl sites for hydroxylation is 1. The van der Waals surface area contributed by atoms with E-state index in [0.29, 0.717) is 0 Å². The number of rotatable bonds is 3. The molecule has 0 saturated carbocycles. The minimum absolute atomic E-state index is 0.905. The molecule has 0 saturated heterocycles. The molecule has 0 unspecified atom stereocenters. The van der Waals surface area contributed by atoms with Gasteiger partial charge in [0.05, 0.1) is 18.4 Å². The van der Waals surface area contributed by atoms with Crippen LogP contribution in [0.25, 0.3) is 10.6 Å². The molecule has 2 aromatic heterocycles. The lowest BCUT2D eigenvalue weighted by molar-refractivity contribution is 0.768. The van der Waals surface area contributed by atoms with Crippen LogP contribution in [-0.4, -0.2) is 31.4 Å². The third-order valence-electron chi connectivity index (χ3n) is 2.40. The summed E-state index contributed by atoms with van der Waals surface area (Å²) >= 11 is 5.30. The Labute approximate surface area is 118 Å². The Morgan fingerprint density at radius 2 is 2.44 bits per heavy atom. The summed E-state index contributed by atoms with van der Waals surface area (Å²) in [5.74, 6) is 2.03. The second-order valence-electron chi connectivity index (χ2n) is 3.83. The van der Waals surface area contributed by atoms with Gasteiger partial charge in [0.1, 0.15) is 9.38 Å². The molecular weight excluding hydrogens is 284 g/mol. The zero-order valence-corrected chi connectivity index (χ0v) is 12.3. The number of nitrogens with zero attached hydrogens (tertiary/aromatic N) is 4. The standard InChI is InChI=1S/C11H12N4S3/c1-15-5-8(4-13-15)10-14-9(6-17-10)7-18-11-12-2-3-16-11/h4-6H,2-3,7H2,1H3. The molecule has 0 aromatic carbocycles. The van der Waals surface area contributed by atoms with E-state index in [1.54, 1.807) is 27.8 Å². The molecule has 3 rings (SSSR count). The van der Waals surface area contributed by atoms with Gasteiger partial charge in [-0.1, -0.05) is 23.5 Å². The number of aliphatic imine (C=N–C) groups is 1. The predicted molar refractivity (Wildman–Crippen MR) is 80.4 cm³/mol. The van der Waals surface area contributed by atoms with E-state index in [1.165, 1.54) is 4.38 Å². The molecule has 0 amide bonds. The zero-order chi connectivity index (χ0) is 12.4. The Morgan fingerprint density at radius 1 is 1.50 bits per heavy atom. The molecule has 18 heavy (non-hydrogen) atoms. The summed E-state index contributed by atoms with van der Waals surface area (Å²) in [6, 6.07) is 0. The van der Waals surface area contributed by atoms with Crippen LogP contribution in [0.15, 0.2) is 22.8 Å². The number of thiazole rings is 1. The number of thioether (sulfide) groups is 2. The highest BCUT2D eigenvalue weighted by molar-refractivity contribution is 8.38. The van der Waals surface area contributed by atoms with Crippen LogP contribution in [-0.2, 0) is 12.8 Å². The minimum atomic E-state index is 0.905. The normalized spacial score (nSPS) is 15.1. The quantitative estimate of drug-likeness (QED) is 0.873. The van der Waals surface area contributed by atoms with E-state index in [1.807, 2.05) is 31.2 Å². The first-order chi connectivity index (χ1) is 8.81. The van der Waals surface area contributed by atoms with Crippen LogP contribution in [0.3, 0.4) is 0 Å². The maximum absolute atomic E-state index is 4.63. The van der Waals surface area contributed by atoms with Gasteiger partial charge >= 0.3 is 0 Å². The van der Waals surface area contributed by atoms with Crippen LogP contribution < -0.4 is 0 Å². The monoisotopic (exact) mass is 296 g/mol. The molecule has 0 atom stereocenters. The summed E-state index contributed by atoms with van der Waals surface area (Å²) in [5, 5.41) is 7.33. The van der Waals surface area contributed by atoms with Crippen LogP contribution in [0, 0.1) is 0 Å². The lowest BCUT2D eigenvalue weighted by atomic mass is 10.4. The van der Waals surface area contributed by atoms with Crippen molar-refractivity contribution in [3.8, 4) is 10.6 Å². The van der Waals surface area contributed by atoms with Gasteiger partial charge in [0, 0.05) is 35.7 Å². The summed E-state index contributed by atoms with van der Waals surface area (Å²) in [4.78, 5) is 9.06. The molecule has 7 heteroatoms. The summed E-state index contributed by atoms with van der Waals surface area (Å²) in [7, 11) is 1.92. The molecule has 3 heterocycles. The molecule has 1 aliphatic rings. The van der Waals surface area contributed by atoms with Crippen molar-refractivity contribution >= 4 is 39.2 Å². The average molecular weight is 296 g/mol. The SMILES string of the molecule is Cn1cc(-c2nc(CSC3=NCCS3)cs2)cn1. The fraction of sp³-hybridized carbons (Fsp3) is 0.364. The molecule has 0 fully saturated rings. The Kier molecular flexibility index (Phi) is 3.72. The second kappa shape index (κ2) is 5.46. The Balaban J connectivity index is 1.66. The smallest absolute Gasteiger partial charge is 0.126 e. The van der Waals surface area contributed by atoms with Crippen LogP contribution in [0.5, 0.6) is 0 Å². The molecule has 4 nitrogen and oxygen atoms in total. The highest BCUT2D eigenvalue weighted by atomic mass is 32.2. The summed E-state index contributed by atoms with van der Waals surface area (Å²) in [5.41, 5.74) is 2.21. The van der Waals surface area contributed by atoms with Crippen molar-refractivity contribution in [2.24, 2.45) is 12.0 Å². The van der Waals surface area contributed by atoms with E-state index >= 15 is 0 Å². The summed E-state index contributed by atoms with van der Waals surface area (Å²) in [6.45, 7) is 0.963. The molecule has 0 N–H and O–H groups in total. The van der Waals surface area contributed by atoms with Gasteiger partial charge in [-0.15, -0.1) is 11.3 Å². The first kappa shape index (κ1) is 12.3. The van der Waals surface area contributed by atoms with E-state index in [-0.39, 0.29) is 0 Å². The van der Waals surface area contributed by atoms with Gasteiger partial charge in [-0.25, -0.2) is 4.98 Å². The Bertz CT molecular complexity index is 572. The summed E-state index contributed by atoms with van der Waals surface area (Å²) < 4.78 is 3.00. The van der Waals surface area contributed by atoms with Gasteiger partial charge in [0.25, 0.3) is 0 Å². The molecule has 94 valence electrons. The molecule has 0 bridgehead atoms. The van der Waals surface area contributed by atoms with E-state index in [0.717, 1.165) is 34.3 Å². The van der Waals surface area contributed by atoms with Gasteiger partial charge in [0.2, 0.25) is 0 Å². The van der Waals surface area contributed by atoms with Crippen molar-refractivity contribution in [2.75, 3.05) is 12.3 Å². The molecule has 2 aromatic rings. The maximum Gasteiger partial charge on any atom is 0.126 e. The zero-order valence-electron chi connectivity index (χ0n) is 9.87. The Morgan fingerprint density at radius 3 is 3.17 bits per heavy atom. The first-order valence-electron chi connectivity index (χ1n) is 5.55. The van der Waals surface area contributed by atoms with Crippen LogP contribution in [0.2, 0.25) is 0 Å². The lowest BCUT2D eigenvalue weighted by Gasteiger charge is -1.96. The molecule has 1 aliphatic heterocycles. The van der Waals surface area contributed by atoms with E-state index in [4.69, 9.17) is 0 Å². The second-order valence-corrected chi connectivity index (χ2v) is 7.00. The van der Waals surface area contributed by atoms with E-state index in [2.05, 4.69) is 20.5 Å². The predicted octanol–water partition coefficient (Wildman–Crippen LogP) is 2.88. The first-order valence-corrected chi connectivity index (χ1v) is 8.40. The van der Waals surface area contributed by atoms with Crippen LogP contribution in [0.4, 0.5) is 0 Å². The van der Waals surface area contributed by atoms with Gasteiger partial charge in [-0.05, 0) is 0 Å². The Hall–Kier alpha value is -0.790. The average Bonchev–Trinajstić information content (AvgIpc) is 3.07. The third kappa shape index (κ3) is 2.78. The van der Waals surface area contributed by atoms with Gasteiger partial charge in [-0.3, -0.25) is 9.67 Å². The largest absolute Gasteiger partial charge is 0.275 e. The van der Waals surface area contributed by atoms with Crippen molar-refractivity contribution < 1.29 is 0 Å².